The average Bonchev–Trinajstić information content (AvgIpc) is 3.64. The molecule has 1 atom stereocenters. The van der Waals surface area contributed by atoms with Gasteiger partial charge in [-0.15, -0.1) is 34.0 Å². The molecule has 0 spiro atoms. The number of hydrogen-bond donors (Lipinski definition) is 0. The van der Waals surface area contributed by atoms with Gasteiger partial charge in [-0.2, -0.15) is 0 Å². The van der Waals surface area contributed by atoms with E-state index in [9.17, 15) is 0 Å². The van der Waals surface area contributed by atoms with Crippen LogP contribution < -0.4 is 18.9 Å². The van der Waals surface area contributed by atoms with Crippen molar-refractivity contribution in [2.24, 2.45) is 0 Å². The molecule has 0 N–H and O–H groups in total. The molecule has 2 aliphatic heterocycles. The number of ether oxygens (including phenoxy) is 4. The molecule has 3 aromatic heterocycles. The minimum Gasteiger partial charge on any atom is -0.485 e. The molecule has 0 radical (unpaired) electrons. The normalized spacial score (nSPS) is 17.1. The van der Waals surface area contributed by atoms with E-state index in [0.29, 0.717) is 38.3 Å². The fraction of sp³-hybridized carbons (Fsp3) is 0.625. The van der Waals surface area contributed by atoms with Gasteiger partial charge < -0.3 is 18.9 Å². The van der Waals surface area contributed by atoms with E-state index in [1.807, 2.05) is 34.0 Å². The third-order valence-electron chi connectivity index (χ3n) is 9.00. The summed E-state index contributed by atoms with van der Waals surface area (Å²) in [6.07, 6.45) is 0.992. The highest BCUT2D eigenvalue weighted by atomic mass is 32.1. The predicted octanol–water partition coefficient (Wildman–Crippen LogP) is 9.63. The Kier molecular flexibility index (Phi) is 7.60. The van der Waals surface area contributed by atoms with Crippen LogP contribution in [-0.4, -0.2) is 26.4 Å². The van der Waals surface area contributed by atoms with Gasteiger partial charge in [0.2, 0.25) is 0 Å². The second kappa shape index (κ2) is 10.3. The molecule has 1 unspecified atom stereocenters. The van der Waals surface area contributed by atoms with E-state index in [1.165, 1.54) is 29.3 Å². The van der Waals surface area contributed by atoms with Crippen LogP contribution in [0.2, 0.25) is 0 Å². The van der Waals surface area contributed by atoms with E-state index in [-0.39, 0.29) is 16.2 Å². The predicted molar refractivity (Wildman–Crippen MR) is 166 cm³/mol. The zero-order valence-corrected chi connectivity index (χ0v) is 27.7. The van der Waals surface area contributed by atoms with E-state index >= 15 is 0 Å². The lowest BCUT2D eigenvalue weighted by Gasteiger charge is -2.41. The van der Waals surface area contributed by atoms with Crippen LogP contribution in [0, 0.1) is 0 Å². The molecule has 0 aliphatic carbocycles. The third kappa shape index (κ3) is 4.51. The summed E-state index contributed by atoms with van der Waals surface area (Å²) >= 11 is 5.70. The summed E-state index contributed by atoms with van der Waals surface area (Å²) < 4.78 is 24.9. The number of rotatable bonds is 8. The van der Waals surface area contributed by atoms with Crippen LogP contribution >= 0.6 is 34.0 Å². The maximum Gasteiger partial charge on any atom is 0.176 e. The van der Waals surface area contributed by atoms with Gasteiger partial charge in [-0.25, -0.2) is 0 Å². The van der Waals surface area contributed by atoms with Crippen molar-refractivity contribution in [1.29, 1.82) is 0 Å². The first-order chi connectivity index (χ1) is 18.3. The topological polar surface area (TPSA) is 36.9 Å². The van der Waals surface area contributed by atoms with Gasteiger partial charge in [0.25, 0.3) is 0 Å². The van der Waals surface area contributed by atoms with E-state index in [2.05, 4.69) is 81.4 Å². The van der Waals surface area contributed by atoms with E-state index in [4.69, 9.17) is 18.9 Å². The first-order valence-corrected chi connectivity index (χ1v) is 16.8. The quantitative estimate of drug-likeness (QED) is 0.263. The molecule has 0 fully saturated rings. The summed E-state index contributed by atoms with van der Waals surface area (Å²) in [6.45, 7) is 25.6. The van der Waals surface area contributed by atoms with Gasteiger partial charge in [-0.3, -0.25) is 0 Å². The van der Waals surface area contributed by atoms with Crippen LogP contribution in [0.3, 0.4) is 0 Å². The lowest BCUT2D eigenvalue weighted by Crippen LogP contribution is -2.39. The smallest absolute Gasteiger partial charge is 0.176 e. The maximum atomic E-state index is 6.28. The van der Waals surface area contributed by atoms with Crippen LogP contribution in [0.5, 0.6) is 23.0 Å². The molecular formula is C32H44O4S3. The van der Waals surface area contributed by atoms with Gasteiger partial charge in [-0.05, 0) is 37.3 Å². The fourth-order valence-electron chi connectivity index (χ4n) is 5.49. The van der Waals surface area contributed by atoms with Crippen molar-refractivity contribution in [2.75, 3.05) is 26.4 Å². The Balaban J connectivity index is 1.56. The van der Waals surface area contributed by atoms with Gasteiger partial charge in [0.15, 0.2) is 23.0 Å². The van der Waals surface area contributed by atoms with Crippen molar-refractivity contribution < 1.29 is 18.9 Å². The molecule has 39 heavy (non-hydrogen) atoms. The molecule has 4 nitrogen and oxygen atoms in total. The van der Waals surface area contributed by atoms with E-state index < -0.39 is 0 Å². The van der Waals surface area contributed by atoms with Crippen molar-refractivity contribution in [3.8, 4) is 23.0 Å². The third-order valence-corrected chi connectivity index (χ3v) is 14.2. The van der Waals surface area contributed by atoms with E-state index in [1.54, 1.807) is 0 Å². The maximum absolute atomic E-state index is 6.28. The molecule has 2 aliphatic rings. The Labute approximate surface area is 246 Å². The molecule has 0 saturated carbocycles. The molecule has 0 aromatic carbocycles. The van der Waals surface area contributed by atoms with Crippen LogP contribution in [0.4, 0.5) is 0 Å². The lowest BCUT2D eigenvalue weighted by atomic mass is 9.66. The first-order valence-electron chi connectivity index (χ1n) is 14.3. The Morgan fingerprint density at radius 2 is 1.05 bits per heavy atom. The Morgan fingerprint density at radius 1 is 0.615 bits per heavy atom. The second-order valence-electron chi connectivity index (χ2n) is 12.7. The summed E-state index contributed by atoms with van der Waals surface area (Å²) in [5.74, 6) is 4.67. The highest BCUT2D eigenvalue weighted by molar-refractivity contribution is 7.14. The highest BCUT2D eigenvalue weighted by Crippen LogP contribution is 2.59. The SMILES string of the molecule is CCC(C)(c1ccc(C(C)(C)C(C)(C)c2sc(C(C)C)c3c2OCCO3)s1)c1sc(C(C)C)c2c1OCCO2. The summed E-state index contributed by atoms with van der Waals surface area (Å²) in [5.41, 5.74) is -0.435. The highest BCUT2D eigenvalue weighted by Gasteiger charge is 2.47. The monoisotopic (exact) mass is 588 g/mol. The minimum absolute atomic E-state index is 0.129. The molecule has 7 heteroatoms. The van der Waals surface area contributed by atoms with Gasteiger partial charge in [0, 0.05) is 26.0 Å². The van der Waals surface area contributed by atoms with Crippen molar-refractivity contribution in [1.82, 2.24) is 0 Å². The number of fused-ring (bicyclic) bond motifs is 2. The number of thiophene rings is 3. The molecule has 5 rings (SSSR count). The summed E-state index contributed by atoms with van der Waals surface area (Å²) in [6, 6.07) is 4.71. The van der Waals surface area contributed by atoms with Gasteiger partial charge in [-0.1, -0.05) is 62.3 Å². The fourth-order valence-corrected chi connectivity index (χ4v) is 9.92. The zero-order valence-electron chi connectivity index (χ0n) is 25.2. The van der Waals surface area contributed by atoms with Gasteiger partial charge >= 0.3 is 0 Å². The van der Waals surface area contributed by atoms with Crippen molar-refractivity contribution in [2.45, 2.75) is 104 Å². The van der Waals surface area contributed by atoms with Crippen molar-refractivity contribution >= 4 is 34.0 Å². The second-order valence-corrected chi connectivity index (χ2v) is 15.9. The van der Waals surface area contributed by atoms with Crippen LogP contribution in [0.15, 0.2) is 12.1 Å². The van der Waals surface area contributed by atoms with Crippen LogP contribution in [0.25, 0.3) is 0 Å². The standard InChI is InChI=1S/C32H44O4S3/c1-11-32(10,29-25-23(34-15-17-36-25)27(39-29)19(4)5)21-13-12-20(37-21)30(6,7)31(8,9)28-24-22(33-14-16-35-24)26(38-28)18(2)3/h12-13,18-19H,11,14-17H2,1-10H3. The number of hydrogen-bond acceptors (Lipinski definition) is 7. The summed E-state index contributed by atoms with van der Waals surface area (Å²) in [4.78, 5) is 7.95. The molecule has 3 aromatic rings. The Bertz CT molecular complexity index is 1340. The van der Waals surface area contributed by atoms with E-state index in [0.717, 1.165) is 29.4 Å². The minimum atomic E-state index is -0.163. The molecule has 0 bridgehead atoms. The molecule has 0 saturated heterocycles. The summed E-state index contributed by atoms with van der Waals surface area (Å²) in [5, 5.41) is 0. The van der Waals surface area contributed by atoms with Crippen molar-refractivity contribution in [3.63, 3.8) is 0 Å². The Morgan fingerprint density at radius 3 is 1.54 bits per heavy atom. The molecule has 5 heterocycles. The van der Waals surface area contributed by atoms with Crippen LogP contribution in [0.1, 0.15) is 117 Å². The zero-order chi connectivity index (χ0) is 28.3. The average molecular weight is 589 g/mol. The largest absolute Gasteiger partial charge is 0.485 e. The lowest BCUT2D eigenvalue weighted by molar-refractivity contribution is 0.165. The van der Waals surface area contributed by atoms with Crippen molar-refractivity contribution in [3.05, 3.63) is 41.4 Å². The Hall–Kier alpha value is -1.70. The van der Waals surface area contributed by atoms with Gasteiger partial charge in [0.05, 0.1) is 19.5 Å². The molecule has 0 amide bonds. The van der Waals surface area contributed by atoms with Gasteiger partial charge in [0.1, 0.15) is 26.4 Å². The summed E-state index contributed by atoms with van der Waals surface area (Å²) in [7, 11) is 0. The first kappa shape index (κ1) is 28.8. The molecule has 214 valence electrons. The van der Waals surface area contributed by atoms with Crippen LogP contribution in [-0.2, 0) is 16.2 Å². The molecular weight excluding hydrogens is 545 g/mol.